The first-order valence-corrected chi connectivity index (χ1v) is 5.99. The summed E-state index contributed by atoms with van der Waals surface area (Å²) in [5.41, 5.74) is -0.535. The molecule has 5 heteroatoms. The summed E-state index contributed by atoms with van der Waals surface area (Å²) in [5, 5.41) is 4.09. The quantitative estimate of drug-likeness (QED) is 0.586. The lowest BCUT2D eigenvalue weighted by molar-refractivity contribution is -0.116. The van der Waals surface area contributed by atoms with Gasteiger partial charge in [-0.25, -0.2) is 9.86 Å². The van der Waals surface area contributed by atoms with Crippen molar-refractivity contribution in [1.29, 1.82) is 0 Å². The van der Waals surface area contributed by atoms with Crippen LogP contribution in [0.2, 0.25) is 0 Å². The first-order chi connectivity index (χ1) is 8.30. The summed E-state index contributed by atoms with van der Waals surface area (Å²) in [6.07, 6.45) is 3.57. The van der Waals surface area contributed by atoms with Gasteiger partial charge in [-0.15, -0.1) is 0 Å². The number of nitrogens with zero attached hydrogens (tertiary/aromatic N) is 1. The molecule has 0 fully saturated rings. The van der Waals surface area contributed by atoms with Crippen molar-refractivity contribution in [3.8, 4) is 0 Å². The first kappa shape index (κ1) is 16.5. The Morgan fingerprint density at radius 3 is 2.50 bits per heavy atom. The molecule has 1 amide bonds. The molecular formula is C13H24N2O3. The molecule has 5 nitrogen and oxygen atoms in total. The average Bonchev–Trinajstić information content (AvgIpc) is 2.22. The van der Waals surface area contributed by atoms with Crippen LogP contribution in [0.1, 0.15) is 34.1 Å². The summed E-state index contributed by atoms with van der Waals surface area (Å²) in [6, 6.07) is 0. The highest BCUT2D eigenvalue weighted by atomic mass is 16.7. The fraction of sp³-hybridized carbons (Fsp3) is 0.615. The van der Waals surface area contributed by atoms with E-state index in [1.165, 1.54) is 5.06 Å². The molecule has 0 heterocycles. The minimum atomic E-state index is -0.535. The van der Waals surface area contributed by atoms with Gasteiger partial charge in [0.1, 0.15) is 11.4 Å². The maximum absolute atomic E-state index is 11.6. The van der Waals surface area contributed by atoms with Crippen LogP contribution in [0.5, 0.6) is 0 Å². The summed E-state index contributed by atoms with van der Waals surface area (Å²) in [7, 11) is 1.71. The van der Waals surface area contributed by atoms with Crippen LogP contribution in [-0.2, 0) is 9.57 Å². The van der Waals surface area contributed by atoms with Crippen molar-refractivity contribution in [3.05, 3.63) is 24.6 Å². The Labute approximate surface area is 109 Å². The van der Waals surface area contributed by atoms with Crippen LogP contribution in [0, 0.1) is 0 Å². The molecule has 0 spiro atoms. The molecule has 0 aliphatic rings. The molecule has 0 unspecified atom stereocenters. The SMILES string of the molecule is C=C/C=C(/NC(=O)OC(C)(C)C)N(C)OCCC. The fourth-order valence-corrected chi connectivity index (χ4v) is 1.04. The van der Waals surface area contributed by atoms with Gasteiger partial charge in [-0.05, 0) is 33.3 Å². The Kier molecular flexibility index (Phi) is 7.12. The molecule has 18 heavy (non-hydrogen) atoms. The number of rotatable bonds is 6. The van der Waals surface area contributed by atoms with Crippen LogP contribution in [0.3, 0.4) is 0 Å². The van der Waals surface area contributed by atoms with Crippen molar-refractivity contribution < 1.29 is 14.4 Å². The van der Waals surface area contributed by atoms with E-state index in [-0.39, 0.29) is 0 Å². The van der Waals surface area contributed by atoms with Crippen molar-refractivity contribution in [1.82, 2.24) is 10.4 Å². The zero-order valence-electron chi connectivity index (χ0n) is 11.9. The van der Waals surface area contributed by atoms with Gasteiger partial charge in [0.25, 0.3) is 0 Å². The van der Waals surface area contributed by atoms with Gasteiger partial charge in [0.05, 0.1) is 6.61 Å². The van der Waals surface area contributed by atoms with E-state index in [9.17, 15) is 4.79 Å². The predicted molar refractivity (Wildman–Crippen MR) is 71.7 cm³/mol. The third kappa shape index (κ3) is 7.73. The van der Waals surface area contributed by atoms with Crippen molar-refractivity contribution in [2.45, 2.75) is 39.7 Å². The predicted octanol–water partition coefficient (Wildman–Crippen LogP) is 2.81. The number of hydrogen-bond donors (Lipinski definition) is 1. The third-order valence-electron chi connectivity index (χ3n) is 1.73. The van der Waals surface area contributed by atoms with E-state index < -0.39 is 11.7 Å². The first-order valence-electron chi connectivity index (χ1n) is 5.99. The second kappa shape index (κ2) is 7.76. The Morgan fingerprint density at radius 2 is 2.06 bits per heavy atom. The van der Waals surface area contributed by atoms with Gasteiger partial charge < -0.3 is 4.74 Å². The summed E-state index contributed by atoms with van der Waals surface area (Å²) in [4.78, 5) is 17.0. The van der Waals surface area contributed by atoms with Gasteiger partial charge >= 0.3 is 6.09 Å². The molecule has 104 valence electrons. The zero-order chi connectivity index (χ0) is 14.2. The number of carbonyl (C=O) groups excluding carboxylic acids is 1. The van der Waals surface area contributed by atoms with Crippen molar-refractivity contribution >= 4 is 6.09 Å². The minimum Gasteiger partial charge on any atom is -0.444 e. The number of hydrogen-bond acceptors (Lipinski definition) is 4. The van der Waals surface area contributed by atoms with E-state index in [1.54, 1.807) is 40.0 Å². The lowest BCUT2D eigenvalue weighted by Crippen LogP contribution is -2.37. The second-order valence-corrected chi connectivity index (χ2v) is 4.75. The van der Waals surface area contributed by atoms with Crippen LogP contribution < -0.4 is 5.32 Å². The number of alkyl carbamates (subject to hydrolysis) is 1. The van der Waals surface area contributed by atoms with E-state index in [2.05, 4.69) is 11.9 Å². The highest BCUT2D eigenvalue weighted by Crippen LogP contribution is 2.08. The Balaban J connectivity index is 4.49. The Hall–Kier alpha value is -1.49. The molecular weight excluding hydrogens is 232 g/mol. The minimum absolute atomic E-state index is 0.479. The molecule has 0 aromatic rings. The number of ether oxygens (including phenoxy) is 1. The van der Waals surface area contributed by atoms with Crippen LogP contribution >= 0.6 is 0 Å². The second-order valence-electron chi connectivity index (χ2n) is 4.75. The highest BCUT2D eigenvalue weighted by molar-refractivity contribution is 5.69. The molecule has 0 aliphatic heterocycles. The maximum atomic E-state index is 11.6. The van der Waals surface area contributed by atoms with E-state index in [0.29, 0.717) is 12.4 Å². The van der Waals surface area contributed by atoms with Crippen LogP contribution in [0.25, 0.3) is 0 Å². The summed E-state index contributed by atoms with van der Waals surface area (Å²) in [5.74, 6) is 0.479. The largest absolute Gasteiger partial charge is 0.444 e. The molecule has 0 aliphatic carbocycles. The zero-order valence-corrected chi connectivity index (χ0v) is 11.9. The van der Waals surface area contributed by atoms with Gasteiger partial charge in [0.15, 0.2) is 0 Å². The van der Waals surface area contributed by atoms with Crippen LogP contribution in [-0.4, -0.2) is 30.4 Å². The molecule has 1 N–H and O–H groups in total. The number of nitrogens with one attached hydrogen (secondary N) is 1. The third-order valence-corrected chi connectivity index (χ3v) is 1.73. The molecule has 0 saturated carbocycles. The number of allylic oxidation sites excluding steroid dienone is 2. The molecule has 0 radical (unpaired) electrons. The smallest absolute Gasteiger partial charge is 0.413 e. The number of carbonyl (C=O) groups is 1. The lowest BCUT2D eigenvalue weighted by Gasteiger charge is -2.24. The highest BCUT2D eigenvalue weighted by Gasteiger charge is 2.18. The van der Waals surface area contributed by atoms with Crippen LogP contribution in [0.4, 0.5) is 4.79 Å². The van der Waals surface area contributed by atoms with Gasteiger partial charge in [0.2, 0.25) is 0 Å². The fourth-order valence-electron chi connectivity index (χ4n) is 1.04. The number of hydroxylamine groups is 2. The molecule has 0 saturated heterocycles. The van der Waals surface area contributed by atoms with E-state index in [1.807, 2.05) is 6.92 Å². The maximum Gasteiger partial charge on any atom is 0.413 e. The monoisotopic (exact) mass is 256 g/mol. The van der Waals surface area contributed by atoms with Gasteiger partial charge in [0, 0.05) is 7.05 Å². The van der Waals surface area contributed by atoms with E-state index in [4.69, 9.17) is 9.57 Å². The standard InChI is InChI=1S/C13H24N2O3/c1-7-9-11(15(6)17-10-8-2)14-12(16)18-13(3,4)5/h7,9H,1,8,10H2,2-6H3,(H,14,16)/b11-9-. The van der Waals surface area contributed by atoms with Crippen molar-refractivity contribution in [2.75, 3.05) is 13.7 Å². The summed E-state index contributed by atoms with van der Waals surface area (Å²) >= 11 is 0. The molecule has 0 rings (SSSR count). The molecule has 0 aromatic carbocycles. The summed E-state index contributed by atoms with van der Waals surface area (Å²) < 4.78 is 5.16. The van der Waals surface area contributed by atoms with Gasteiger partial charge in [-0.2, -0.15) is 0 Å². The van der Waals surface area contributed by atoms with Gasteiger partial charge in [-0.3, -0.25) is 10.2 Å². The normalized spacial score (nSPS) is 11.9. The topological polar surface area (TPSA) is 50.8 Å². The average molecular weight is 256 g/mol. The Bertz CT molecular complexity index is 306. The van der Waals surface area contributed by atoms with Crippen molar-refractivity contribution in [3.63, 3.8) is 0 Å². The van der Waals surface area contributed by atoms with Crippen LogP contribution in [0.15, 0.2) is 24.6 Å². The Morgan fingerprint density at radius 1 is 1.44 bits per heavy atom. The molecule has 0 aromatic heterocycles. The molecule has 0 atom stereocenters. The van der Waals surface area contributed by atoms with E-state index >= 15 is 0 Å². The summed E-state index contributed by atoms with van der Waals surface area (Å²) in [6.45, 7) is 11.6. The van der Waals surface area contributed by atoms with Crippen molar-refractivity contribution in [2.24, 2.45) is 0 Å². The van der Waals surface area contributed by atoms with Gasteiger partial charge in [-0.1, -0.05) is 19.6 Å². The number of amides is 1. The molecule has 0 bridgehead atoms. The lowest BCUT2D eigenvalue weighted by atomic mass is 10.2. The van der Waals surface area contributed by atoms with E-state index in [0.717, 1.165) is 6.42 Å².